The molecule has 0 atom stereocenters. The van der Waals surface area contributed by atoms with E-state index in [1.54, 1.807) is 31.4 Å². The van der Waals surface area contributed by atoms with Gasteiger partial charge in [0.1, 0.15) is 5.75 Å². The molecule has 1 N–H and O–H groups in total. The number of carbonyl (C=O) groups excluding carboxylic acids is 2. The molecule has 1 aromatic carbocycles. The molecule has 5 heteroatoms. The van der Waals surface area contributed by atoms with Gasteiger partial charge in [-0.1, -0.05) is 13.3 Å². The van der Waals surface area contributed by atoms with Gasteiger partial charge in [-0.05, 0) is 44.3 Å². The van der Waals surface area contributed by atoms with Gasteiger partial charge in [-0.25, -0.2) is 0 Å². The number of nitrogens with zero attached hydrogens (tertiary/aromatic N) is 1. The molecule has 0 fully saturated rings. The number of hydrogen-bond acceptors (Lipinski definition) is 4. The zero-order valence-electron chi connectivity index (χ0n) is 13.7. The molecule has 1 rings (SSSR count). The summed E-state index contributed by atoms with van der Waals surface area (Å²) in [5.41, 5.74) is 0.571. The minimum atomic E-state index is -0.102. The Hall–Kier alpha value is -1.88. The fourth-order valence-electron chi connectivity index (χ4n) is 1.98. The predicted molar refractivity (Wildman–Crippen MR) is 87.4 cm³/mol. The van der Waals surface area contributed by atoms with Crippen molar-refractivity contribution >= 4 is 11.7 Å². The summed E-state index contributed by atoms with van der Waals surface area (Å²) in [6.07, 6.45) is 2.69. The van der Waals surface area contributed by atoms with Crippen LogP contribution in [0.25, 0.3) is 0 Å². The van der Waals surface area contributed by atoms with E-state index in [2.05, 4.69) is 17.1 Å². The van der Waals surface area contributed by atoms with Crippen LogP contribution in [0.5, 0.6) is 5.75 Å². The number of hydrogen-bond donors (Lipinski definition) is 1. The first-order chi connectivity index (χ1) is 10.6. The number of carbonyl (C=O) groups is 2. The standard InChI is InChI=1S/C17H26N2O3/c1-4-5-11-19(2)12-10-17(21)18-13-16(20)14-6-8-15(22-3)9-7-14/h6-9H,4-5,10-13H2,1-3H3,(H,18,21). The minimum Gasteiger partial charge on any atom is -0.497 e. The lowest BCUT2D eigenvalue weighted by molar-refractivity contribution is -0.121. The van der Waals surface area contributed by atoms with Crippen molar-refractivity contribution in [2.24, 2.45) is 0 Å². The van der Waals surface area contributed by atoms with Crippen LogP contribution in [0.1, 0.15) is 36.5 Å². The lowest BCUT2D eigenvalue weighted by Gasteiger charge is -2.15. The van der Waals surface area contributed by atoms with Crippen molar-refractivity contribution in [3.05, 3.63) is 29.8 Å². The van der Waals surface area contributed by atoms with Crippen LogP contribution in [0, 0.1) is 0 Å². The fourth-order valence-corrected chi connectivity index (χ4v) is 1.98. The second kappa shape index (κ2) is 9.95. The molecule has 0 saturated carbocycles. The molecule has 0 radical (unpaired) electrons. The summed E-state index contributed by atoms with van der Waals surface area (Å²) in [6, 6.07) is 6.87. The molecule has 5 nitrogen and oxygen atoms in total. The number of methoxy groups -OCH3 is 1. The van der Waals surface area contributed by atoms with E-state index < -0.39 is 0 Å². The normalized spacial score (nSPS) is 10.5. The number of rotatable bonds is 10. The first-order valence-corrected chi connectivity index (χ1v) is 7.69. The third kappa shape index (κ3) is 6.72. The lowest BCUT2D eigenvalue weighted by atomic mass is 10.1. The number of benzene rings is 1. The third-order valence-corrected chi connectivity index (χ3v) is 3.47. The Morgan fingerprint density at radius 2 is 1.86 bits per heavy atom. The average molecular weight is 306 g/mol. The van der Waals surface area contributed by atoms with Gasteiger partial charge in [-0.2, -0.15) is 0 Å². The van der Waals surface area contributed by atoms with Crippen molar-refractivity contribution < 1.29 is 14.3 Å². The van der Waals surface area contributed by atoms with Gasteiger partial charge in [0.2, 0.25) is 5.91 Å². The highest BCUT2D eigenvalue weighted by Crippen LogP contribution is 2.11. The highest BCUT2D eigenvalue weighted by atomic mass is 16.5. The van der Waals surface area contributed by atoms with E-state index in [9.17, 15) is 9.59 Å². The molecule has 0 aromatic heterocycles. The van der Waals surface area contributed by atoms with Crippen LogP contribution in [0.2, 0.25) is 0 Å². The summed E-state index contributed by atoms with van der Waals surface area (Å²) >= 11 is 0. The van der Waals surface area contributed by atoms with Gasteiger partial charge in [-0.3, -0.25) is 9.59 Å². The maximum atomic E-state index is 12.0. The number of Topliss-reactive ketones (excluding diaryl/α,β-unsaturated/α-hetero) is 1. The molecule has 122 valence electrons. The molecule has 0 aliphatic carbocycles. The Kier molecular flexibility index (Phi) is 8.22. The van der Waals surface area contributed by atoms with Gasteiger partial charge >= 0.3 is 0 Å². The summed E-state index contributed by atoms with van der Waals surface area (Å²) in [5, 5.41) is 2.67. The number of ketones is 1. The van der Waals surface area contributed by atoms with Crippen LogP contribution < -0.4 is 10.1 Å². The number of ether oxygens (including phenoxy) is 1. The van der Waals surface area contributed by atoms with E-state index in [4.69, 9.17) is 4.74 Å². The van der Waals surface area contributed by atoms with E-state index >= 15 is 0 Å². The maximum absolute atomic E-state index is 12.0. The molecule has 0 saturated heterocycles. The topological polar surface area (TPSA) is 58.6 Å². The van der Waals surface area contributed by atoms with Crippen molar-refractivity contribution in [1.29, 1.82) is 0 Å². The van der Waals surface area contributed by atoms with Gasteiger partial charge in [0.05, 0.1) is 13.7 Å². The number of amides is 1. The predicted octanol–water partition coefficient (Wildman–Crippen LogP) is 2.12. The number of unbranched alkanes of at least 4 members (excludes halogenated alkanes) is 1. The van der Waals surface area contributed by atoms with Crippen molar-refractivity contribution in [3.8, 4) is 5.75 Å². The fraction of sp³-hybridized carbons (Fsp3) is 0.529. The van der Waals surface area contributed by atoms with E-state index in [1.807, 2.05) is 7.05 Å². The monoisotopic (exact) mass is 306 g/mol. The van der Waals surface area contributed by atoms with E-state index in [1.165, 1.54) is 0 Å². The molecule has 0 aliphatic heterocycles. The maximum Gasteiger partial charge on any atom is 0.221 e. The lowest BCUT2D eigenvalue weighted by Crippen LogP contribution is -2.32. The zero-order valence-corrected chi connectivity index (χ0v) is 13.7. The number of nitrogens with one attached hydrogen (secondary N) is 1. The summed E-state index contributed by atoms with van der Waals surface area (Å²) in [6.45, 7) is 3.88. The Bertz CT molecular complexity index is 471. The van der Waals surface area contributed by atoms with Gasteiger partial charge in [-0.15, -0.1) is 0 Å². The van der Waals surface area contributed by atoms with Crippen molar-refractivity contribution in [3.63, 3.8) is 0 Å². The third-order valence-electron chi connectivity index (χ3n) is 3.47. The molecule has 0 unspecified atom stereocenters. The smallest absolute Gasteiger partial charge is 0.221 e. The molecule has 0 heterocycles. The summed E-state index contributed by atoms with van der Waals surface area (Å²) in [7, 11) is 3.58. The molecule has 0 bridgehead atoms. The zero-order chi connectivity index (χ0) is 16.4. The quantitative estimate of drug-likeness (QED) is 0.673. The van der Waals surface area contributed by atoms with Crippen molar-refractivity contribution in [2.45, 2.75) is 26.2 Å². The first kappa shape index (κ1) is 18.2. The molecular weight excluding hydrogens is 280 g/mol. The second-order valence-corrected chi connectivity index (χ2v) is 5.34. The largest absolute Gasteiger partial charge is 0.497 e. The molecular formula is C17H26N2O3. The van der Waals surface area contributed by atoms with Crippen LogP contribution in [0.3, 0.4) is 0 Å². The van der Waals surface area contributed by atoms with Crippen molar-refractivity contribution in [2.75, 3.05) is 33.8 Å². The SMILES string of the molecule is CCCCN(C)CCC(=O)NCC(=O)c1ccc(OC)cc1. The first-order valence-electron chi connectivity index (χ1n) is 7.69. The molecule has 0 aliphatic rings. The van der Waals surface area contributed by atoms with Crippen LogP contribution >= 0.6 is 0 Å². The second-order valence-electron chi connectivity index (χ2n) is 5.34. The van der Waals surface area contributed by atoms with Gasteiger partial charge in [0.15, 0.2) is 5.78 Å². The van der Waals surface area contributed by atoms with Crippen LogP contribution in [-0.4, -0.2) is 50.4 Å². The van der Waals surface area contributed by atoms with Gasteiger partial charge in [0, 0.05) is 18.5 Å². The summed E-state index contributed by atoms with van der Waals surface area (Å²) < 4.78 is 5.04. The Morgan fingerprint density at radius 1 is 1.18 bits per heavy atom. The molecule has 1 amide bonds. The van der Waals surface area contributed by atoms with Gasteiger partial charge < -0.3 is 15.0 Å². The van der Waals surface area contributed by atoms with Crippen molar-refractivity contribution in [1.82, 2.24) is 10.2 Å². The van der Waals surface area contributed by atoms with E-state index in [-0.39, 0.29) is 18.2 Å². The Balaban J connectivity index is 2.29. The van der Waals surface area contributed by atoms with Crippen LogP contribution in [0.4, 0.5) is 0 Å². The summed E-state index contributed by atoms with van der Waals surface area (Å²) in [5.74, 6) is 0.510. The summed E-state index contributed by atoms with van der Waals surface area (Å²) in [4.78, 5) is 25.8. The molecule has 22 heavy (non-hydrogen) atoms. The van der Waals surface area contributed by atoms with E-state index in [0.717, 1.165) is 19.4 Å². The Labute approximate surface area is 132 Å². The van der Waals surface area contributed by atoms with Crippen LogP contribution in [0.15, 0.2) is 24.3 Å². The molecule has 0 spiro atoms. The highest BCUT2D eigenvalue weighted by molar-refractivity contribution is 5.99. The minimum absolute atomic E-state index is 0.0316. The van der Waals surface area contributed by atoms with Crippen LogP contribution in [-0.2, 0) is 4.79 Å². The Morgan fingerprint density at radius 3 is 2.45 bits per heavy atom. The van der Waals surface area contributed by atoms with Gasteiger partial charge in [0.25, 0.3) is 0 Å². The average Bonchev–Trinajstić information content (AvgIpc) is 2.55. The highest BCUT2D eigenvalue weighted by Gasteiger charge is 2.09. The van der Waals surface area contributed by atoms with E-state index in [0.29, 0.717) is 24.3 Å². The molecule has 1 aromatic rings.